The number of hydrogen-bond donors (Lipinski definition) is 0. The first-order chi connectivity index (χ1) is 17.7. The van der Waals surface area contributed by atoms with E-state index in [1.54, 1.807) is 11.8 Å². The number of rotatable bonds is 6. The van der Waals surface area contributed by atoms with Crippen molar-refractivity contribution in [2.45, 2.75) is 44.6 Å². The lowest BCUT2D eigenvalue weighted by Crippen LogP contribution is -2.56. The molecule has 3 heterocycles. The van der Waals surface area contributed by atoms with Crippen LogP contribution in [0.15, 0.2) is 42.7 Å². The van der Waals surface area contributed by atoms with Crippen LogP contribution in [0.1, 0.15) is 49.8 Å². The Morgan fingerprint density at radius 2 is 2.03 bits per heavy atom. The van der Waals surface area contributed by atoms with Crippen LogP contribution in [0.25, 0.3) is 21.9 Å². The van der Waals surface area contributed by atoms with Crippen molar-refractivity contribution in [1.82, 2.24) is 14.9 Å². The SMILES string of the molecule is CCOOC(=O)N1CCN(c2nc(C3CC3)c(-c3cccc4cnccc34)cc2C#N)C[C@H]1C1CC1. The molecule has 2 aliphatic carbocycles. The maximum absolute atomic E-state index is 12.6. The number of nitrogens with zero attached hydrogens (tertiary/aromatic N) is 5. The van der Waals surface area contributed by atoms with E-state index in [4.69, 9.17) is 14.8 Å². The summed E-state index contributed by atoms with van der Waals surface area (Å²) in [7, 11) is 0. The summed E-state index contributed by atoms with van der Waals surface area (Å²) in [5.74, 6) is 1.58. The summed E-state index contributed by atoms with van der Waals surface area (Å²) in [5.41, 5.74) is 3.76. The molecule has 3 aromatic rings. The van der Waals surface area contributed by atoms with Gasteiger partial charge in [-0.15, -0.1) is 0 Å². The fraction of sp³-hybridized carbons (Fsp3) is 0.429. The second kappa shape index (κ2) is 9.40. The summed E-state index contributed by atoms with van der Waals surface area (Å²) >= 11 is 0. The number of aromatic nitrogens is 2. The molecular formula is C28H29N5O3. The molecule has 3 aliphatic rings. The second-order valence-electron chi connectivity index (χ2n) is 9.88. The zero-order valence-electron chi connectivity index (χ0n) is 20.4. The average molecular weight is 484 g/mol. The first-order valence-corrected chi connectivity index (χ1v) is 12.8. The van der Waals surface area contributed by atoms with Gasteiger partial charge in [-0.2, -0.15) is 10.1 Å². The van der Waals surface area contributed by atoms with E-state index in [-0.39, 0.29) is 6.04 Å². The Balaban J connectivity index is 1.37. The van der Waals surface area contributed by atoms with Crippen LogP contribution in [0.3, 0.4) is 0 Å². The number of carbonyl (C=O) groups is 1. The molecule has 36 heavy (non-hydrogen) atoms. The highest BCUT2D eigenvalue weighted by atomic mass is 17.2. The molecule has 0 bridgehead atoms. The van der Waals surface area contributed by atoms with Crippen molar-refractivity contribution in [2.24, 2.45) is 5.92 Å². The molecule has 1 aliphatic heterocycles. The van der Waals surface area contributed by atoms with E-state index in [0.717, 1.165) is 59.1 Å². The smallest absolute Gasteiger partial charge is 0.352 e. The maximum atomic E-state index is 12.6. The Labute approximate surface area is 210 Å². The van der Waals surface area contributed by atoms with Crippen LogP contribution < -0.4 is 4.90 Å². The number of piperazine rings is 1. The highest BCUT2D eigenvalue weighted by Crippen LogP contribution is 2.46. The van der Waals surface area contributed by atoms with Gasteiger partial charge >= 0.3 is 6.09 Å². The molecule has 8 heteroatoms. The second-order valence-corrected chi connectivity index (χ2v) is 9.88. The van der Waals surface area contributed by atoms with E-state index in [0.29, 0.717) is 43.6 Å². The molecule has 1 saturated heterocycles. The fourth-order valence-corrected chi connectivity index (χ4v) is 5.35. The zero-order valence-corrected chi connectivity index (χ0v) is 20.4. The fourth-order valence-electron chi connectivity index (χ4n) is 5.35. The summed E-state index contributed by atoms with van der Waals surface area (Å²) in [5, 5.41) is 12.4. The number of nitriles is 1. The van der Waals surface area contributed by atoms with E-state index in [1.165, 1.54) is 0 Å². The van der Waals surface area contributed by atoms with Crippen LogP contribution in [-0.2, 0) is 9.78 Å². The minimum Gasteiger partial charge on any atom is -0.352 e. The molecular weight excluding hydrogens is 454 g/mol. The topological polar surface area (TPSA) is 91.6 Å². The summed E-state index contributed by atoms with van der Waals surface area (Å²) in [6.45, 7) is 3.84. The summed E-state index contributed by atoms with van der Waals surface area (Å²) in [6, 6.07) is 12.7. The van der Waals surface area contributed by atoms with Gasteiger partial charge in [0.15, 0.2) is 0 Å². The first-order valence-electron chi connectivity index (χ1n) is 12.8. The van der Waals surface area contributed by atoms with Crippen molar-refractivity contribution in [1.29, 1.82) is 5.26 Å². The molecule has 2 saturated carbocycles. The Morgan fingerprint density at radius 3 is 2.78 bits per heavy atom. The van der Waals surface area contributed by atoms with Gasteiger partial charge in [0.1, 0.15) is 11.9 Å². The standard InChI is InChI=1S/C28H29N5O3/c1-2-35-36-28(34)33-13-12-32(17-25(33)18-6-7-18)27-21(15-29)14-24(26(31-27)19-8-9-19)23-5-3-4-20-16-30-11-10-22(20)23/h3-5,10-11,14,16,18-19,25H,2,6-9,12-13,17H2,1H3/t25-/m0/s1. The normalized spacial score (nSPS) is 19.8. The minimum absolute atomic E-state index is 0.0228. The van der Waals surface area contributed by atoms with Crippen LogP contribution in [0.5, 0.6) is 0 Å². The van der Waals surface area contributed by atoms with Crippen molar-refractivity contribution in [2.75, 3.05) is 31.1 Å². The number of fused-ring (bicyclic) bond motifs is 1. The third-order valence-corrected chi connectivity index (χ3v) is 7.45. The molecule has 1 amide bonds. The third kappa shape index (κ3) is 4.24. The molecule has 6 rings (SSSR count). The maximum Gasteiger partial charge on any atom is 0.441 e. The van der Waals surface area contributed by atoms with Crippen LogP contribution >= 0.6 is 0 Å². The Morgan fingerprint density at radius 1 is 1.17 bits per heavy atom. The van der Waals surface area contributed by atoms with Crippen molar-refractivity contribution in [3.8, 4) is 17.2 Å². The summed E-state index contributed by atoms with van der Waals surface area (Å²) in [4.78, 5) is 35.9. The quantitative estimate of drug-likeness (QED) is 0.358. The number of anilines is 1. The van der Waals surface area contributed by atoms with Gasteiger partial charge in [0.05, 0.1) is 23.9 Å². The van der Waals surface area contributed by atoms with E-state index < -0.39 is 6.09 Å². The van der Waals surface area contributed by atoms with Gasteiger partial charge in [-0.3, -0.25) is 14.8 Å². The third-order valence-electron chi connectivity index (χ3n) is 7.45. The predicted molar refractivity (Wildman–Crippen MR) is 135 cm³/mol. The lowest BCUT2D eigenvalue weighted by molar-refractivity contribution is -0.243. The van der Waals surface area contributed by atoms with Crippen molar-refractivity contribution >= 4 is 22.7 Å². The Hall–Kier alpha value is -3.70. The number of pyridine rings is 2. The number of carbonyl (C=O) groups excluding carboxylic acids is 1. The molecule has 1 aromatic carbocycles. The lowest BCUT2D eigenvalue weighted by atomic mass is 9.95. The number of hydrogen-bond acceptors (Lipinski definition) is 7. The van der Waals surface area contributed by atoms with E-state index in [1.807, 2.05) is 30.6 Å². The van der Waals surface area contributed by atoms with Gasteiger partial charge in [0, 0.05) is 48.9 Å². The van der Waals surface area contributed by atoms with Crippen LogP contribution in [-0.4, -0.2) is 53.2 Å². The molecule has 0 N–H and O–H groups in total. The van der Waals surface area contributed by atoms with Crippen molar-refractivity contribution in [3.63, 3.8) is 0 Å². The molecule has 8 nitrogen and oxygen atoms in total. The molecule has 0 spiro atoms. The number of benzene rings is 1. The monoisotopic (exact) mass is 483 g/mol. The van der Waals surface area contributed by atoms with Crippen molar-refractivity contribution < 1.29 is 14.6 Å². The average Bonchev–Trinajstić information content (AvgIpc) is 3.84. The molecule has 184 valence electrons. The largest absolute Gasteiger partial charge is 0.441 e. The lowest BCUT2D eigenvalue weighted by Gasteiger charge is -2.41. The molecule has 0 unspecified atom stereocenters. The highest BCUT2D eigenvalue weighted by molar-refractivity contribution is 5.97. The predicted octanol–water partition coefficient (Wildman–Crippen LogP) is 5.03. The highest BCUT2D eigenvalue weighted by Gasteiger charge is 2.43. The van der Waals surface area contributed by atoms with Gasteiger partial charge < -0.3 is 4.90 Å². The van der Waals surface area contributed by atoms with Crippen LogP contribution in [0.2, 0.25) is 0 Å². The summed E-state index contributed by atoms with van der Waals surface area (Å²) < 4.78 is 0. The molecule has 0 radical (unpaired) electrons. The minimum atomic E-state index is -0.429. The van der Waals surface area contributed by atoms with Gasteiger partial charge in [-0.25, -0.2) is 9.78 Å². The Bertz CT molecular complexity index is 1340. The molecule has 3 fully saturated rings. The van der Waals surface area contributed by atoms with Crippen molar-refractivity contribution in [3.05, 3.63) is 54.0 Å². The van der Waals surface area contributed by atoms with Crippen LogP contribution in [0, 0.1) is 17.2 Å². The van der Waals surface area contributed by atoms with E-state index in [9.17, 15) is 10.1 Å². The zero-order chi connectivity index (χ0) is 24.6. The Kier molecular flexibility index (Phi) is 5.94. The van der Waals surface area contributed by atoms with Crippen LogP contribution in [0.4, 0.5) is 10.6 Å². The molecule has 2 aromatic heterocycles. The molecule has 1 atom stereocenters. The van der Waals surface area contributed by atoms with Gasteiger partial charge in [-0.05, 0) is 61.6 Å². The van der Waals surface area contributed by atoms with Gasteiger partial charge in [-0.1, -0.05) is 18.2 Å². The van der Waals surface area contributed by atoms with Gasteiger partial charge in [0.2, 0.25) is 0 Å². The van der Waals surface area contributed by atoms with E-state index >= 15 is 0 Å². The van der Waals surface area contributed by atoms with E-state index in [2.05, 4.69) is 28.1 Å². The first kappa shape index (κ1) is 22.7. The van der Waals surface area contributed by atoms with Gasteiger partial charge in [0.25, 0.3) is 0 Å². The summed E-state index contributed by atoms with van der Waals surface area (Å²) in [6.07, 6.45) is 7.66. The number of amides is 1.